The van der Waals surface area contributed by atoms with Gasteiger partial charge in [-0.05, 0) is 62.9 Å². The van der Waals surface area contributed by atoms with Crippen molar-refractivity contribution in [2.45, 2.75) is 64.4 Å². The lowest BCUT2D eigenvalue weighted by atomic mass is 9.66. The molecule has 2 N–H and O–H groups in total. The number of carboxylic acids is 1. The van der Waals surface area contributed by atoms with Crippen molar-refractivity contribution in [2.75, 3.05) is 6.61 Å². The van der Waals surface area contributed by atoms with E-state index in [0.717, 1.165) is 56.2 Å². The zero-order valence-electron chi connectivity index (χ0n) is 15.5. The van der Waals surface area contributed by atoms with Crippen molar-refractivity contribution < 1.29 is 19.8 Å². The van der Waals surface area contributed by atoms with Crippen molar-refractivity contribution in [1.29, 1.82) is 0 Å². The molecular weight excluding hydrogens is 330 g/mol. The van der Waals surface area contributed by atoms with Gasteiger partial charge in [-0.25, -0.2) is 4.79 Å². The first-order valence-electron chi connectivity index (χ1n) is 9.57. The van der Waals surface area contributed by atoms with Crippen LogP contribution in [-0.4, -0.2) is 34.6 Å². The van der Waals surface area contributed by atoms with Crippen LogP contribution in [0.15, 0.2) is 40.6 Å². The minimum atomic E-state index is -1.00. The van der Waals surface area contributed by atoms with Crippen LogP contribution in [0.2, 0.25) is 0 Å². The number of aliphatic hydroxyl groups excluding tert-OH is 1. The molecule has 3 saturated carbocycles. The molecule has 0 saturated heterocycles. The molecule has 3 rings (SSSR count). The van der Waals surface area contributed by atoms with E-state index in [1.165, 1.54) is 11.1 Å². The zero-order valence-corrected chi connectivity index (χ0v) is 15.5. The minimum absolute atomic E-state index is 0.0375. The molecule has 5 heteroatoms. The first-order valence-corrected chi connectivity index (χ1v) is 9.57. The standard InChI is InChI=1S/C21H29NO4/c1-14-5-8-17(23)12-16(14)7-6-15-4-3-11-21(2)18(15)9-10-19(21)22-26-13-20(24)25/h6-7,17-18,23H,1,3-5,8-13H2,2H3,(H,24,25)/t17?,18?,21-/m0/s1. The molecule has 5 nitrogen and oxygen atoms in total. The highest BCUT2D eigenvalue weighted by molar-refractivity contribution is 5.92. The number of hydrogen-bond donors (Lipinski definition) is 2. The second kappa shape index (κ2) is 7.78. The number of aliphatic hydroxyl groups is 1. The smallest absolute Gasteiger partial charge is 0.344 e. The van der Waals surface area contributed by atoms with Crippen molar-refractivity contribution in [1.82, 2.24) is 0 Å². The molecule has 26 heavy (non-hydrogen) atoms. The van der Waals surface area contributed by atoms with Gasteiger partial charge in [0.25, 0.3) is 0 Å². The van der Waals surface area contributed by atoms with Crippen molar-refractivity contribution in [3.8, 4) is 0 Å². The molecular formula is C21H29NO4. The second-order valence-corrected chi connectivity index (χ2v) is 8.00. The summed E-state index contributed by atoms with van der Waals surface area (Å²) >= 11 is 0. The molecule has 142 valence electrons. The van der Waals surface area contributed by atoms with Gasteiger partial charge in [0.15, 0.2) is 0 Å². The number of oxime groups is 1. The van der Waals surface area contributed by atoms with Gasteiger partial charge in [0.05, 0.1) is 11.8 Å². The highest BCUT2D eigenvalue weighted by Crippen LogP contribution is 2.52. The summed E-state index contributed by atoms with van der Waals surface area (Å²) < 4.78 is 0. The van der Waals surface area contributed by atoms with Crippen LogP contribution >= 0.6 is 0 Å². The molecule has 0 heterocycles. The van der Waals surface area contributed by atoms with Crippen LogP contribution < -0.4 is 0 Å². The quantitative estimate of drug-likeness (QED) is 0.744. The van der Waals surface area contributed by atoms with E-state index < -0.39 is 5.97 Å². The van der Waals surface area contributed by atoms with Gasteiger partial charge in [0.2, 0.25) is 6.61 Å². The number of aliphatic carboxylic acids is 1. The lowest BCUT2D eigenvalue weighted by Crippen LogP contribution is -2.33. The highest BCUT2D eigenvalue weighted by Gasteiger charge is 2.47. The Morgan fingerprint density at radius 1 is 1.35 bits per heavy atom. The number of hydrogen-bond acceptors (Lipinski definition) is 4. The van der Waals surface area contributed by atoms with Crippen LogP contribution in [0.1, 0.15) is 58.3 Å². The van der Waals surface area contributed by atoms with Crippen LogP contribution in [0.3, 0.4) is 0 Å². The van der Waals surface area contributed by atoms with E-state index in [9.17, 15) is 9.90 Å². The fourth-order valence-electron chi connectivity index (χ4n) is 4.74. The van der Waals surface area contributed by atoms with E-state index in [4.69, 9.17) is 9.94 Å². The van der Waals surface area contributed by atoms with Crippen LogP contribution in [-0.2, 0) is 9.63 Å². The van der Waals surface area contributed by atoms with Crippen molar-refractivity contribution in [3.63, 3.8) is 0 Å². The number of allylic oxidation sites excluding steroid dienone is 4. The van der Waals surface area contributed by atoms with Gasteiger partial charge in [-0.15, -0.1) is 0 Å². The van der Waals surface area contributed by atoms with E-state index in [0.29, 0.717) is 12.3 Å². The van der Waals surface area contributed by atoms with Gasteiger partial charge in [0.1, 0.15) is 0 Å². The summed E-state index contributed by atoms with van der Waals surface area (Å²) in [5, 5.41) is 22.8. The Hall–Kier alpha value is -1.88. The van der Waals surface area contributed by atoms with Crippen LogP contribution in [0, 0.1) is 11.3 Å². The molecule has 3 fully saturated rings. The van der Waals surface area contributed by atoms with Gasteiger partial charge < -0.3 is 15.1 Å². The lowest BCUT2D eigenvalue weighted by Gasteiger charge is -2.38. The fraction of sp³-hybridized carbons (Fsp3) is 0.619. The number of carboxylic acid groups (broad SMARTS) is 1. The highest BCUT2D eigenvalue weighted by atomic mass is 16.6. The lowest BCUT2D eigenvalue weighted by molar-refractivity contribution is -0.142. The first kappa shape index (κ1) is 18.9. The monoisotopic (exact) mass is 359 g/mol. The van der Waals surface area contributed by atoms with E-state index in [1.54, 1.807) is 0 Å². The third kappa shape index (κ3) is 3.93. The topological polar surface area (TPSA) is 79.1 Å². The molecule has 2 unspecified atom stereocenters. The van der Waals surface area contributed by atoms with Crippen molar-refractivity contribution >= 4 is 11.7 Å². The number of nitrogens with zero attached hydrogens (tertiary/aromatic N) is 1. The molecule has 3 aliphatic rings. The molecule has 0 aliphatic heterocycles. The molecule has 0 aromatic carbocycles. The van der Waals surface area contributed by atoms with Crippen LogP contribution in [0.4, 0.5) is 0 Å². The van der Waals surface area contributed by atoms with Crippen molar-refractivity contribution in [2.24, 2.45) is 16.5 Å². The Kier molecular flexibility index (Phi) is 5.66. The van der Waals surface area contributed by atoms with Gasteiger partial charge in [-0.1, -0.05) is 42.0 Å². The third-order valence-electron chi connectivity index (χ3n) is 6.26. The predicted molar refractivity (Wildman–Crippen MR) is 101 cm³/mol. The molecule has 0 bridgehead atoms. The Morgan fingerprint density at radius 3 is 2.92 bits per heavy atom. The molecule has 0 amide bonds. The summed E-state index contributed by atoms with van der Waals surface area (Å²) in [5.41, 5.74) is 4.70. The van der Waals surface area contributed by atoms with E-state index in [2.05, 4.69) is 30.8 Å². The molecule has 0 radical (unpaired) electrons. The maximum Gasteiger partial charge on any atom is 0.344 e. The van der Waals surface area contributed by atoms with Crippen molar-refractivity contribution in [3.05, 3.63) is 35.5 Å². The maximum atomic E-state index is 10.6. The van der Waals surface area contributed by atoms with E-state index in [1.807, 2.05) is 0 Å². The summed E-state index contributed by atoms with van der Waals surface area (Å²) in [6.07, 6.45) is 11.7. The molecule has 0 spiro atoms. The normalized spacial score (nSPS) is 36.5. The average Bonchev–Trinajstić information content (AvgIpc) is 2.92. The third-order valence-corrected chi connectivity index (χ3v) is 6.26. The summed E-state index contributed by atoms with van der Waals surface area (Å²) in [4.78, 5) is 15.7. The predicted octanol–water partition coefficient (Wildman–Crippen LogP) is 4.00. The Labute approximate surface area is 155 Å². The Balaban J connectivity index is 1.77. The van der Waals surface area contributed by atoms with Gasteiger partial charge in [-0.2, -0.15) is 0 Å². The summed E-state index contributed by atoms with van der Waals surface area (Å²) in [7, 11) is 0. The van der Waals surface area contributed by atoms with Gasteiger partial charge >= 0.3 is 5.97 Å². The molecule has 3 aliphatic carbocycles. The number of fused-ring (bicyclic) bond motifs is 1. The summed E-state index contributed by atoms with van der Waals surface area (Å²) in [5.74, 6) is -0.568. The Bertz CT molecular complexity index is 675. The largest absolute Gasteiger partial charge is 0.479 e. The van der Waals surface area contributed by atoms with Gasteiger partial charge in [0, 0.05) is 5.41 Å². The second-order valence-electron chi connectivity index (χ2n) is 8.00. The number of rotatable bonds is 4. The molecule has 0 aromatic heterocycles. The first-order chi connectivity index (χ1) is 12.4. The molecule has 3 atom stereocenters. The molecule has 0 aromatic rings. The summed E-state index contributed by atoms with van der Waals surface area (Å²) in [6.45, 7) is 5.99. The summed E-state index contributed by atoms with van der Waals surface area (Å²) in [6, 6.07) is 0. The average molecular weight is 359 g/mol. The van der Waals surface area contributed by atoms with Crippen LogP contribution in [0.25, 0.3) is 0 Å². The zero-order chi connectivity index (χ0) is 18.7. The SMILES string of the molecule is C=C1CCC(O)CC1=CC=C1CCC[C@]2(C)C(=NOCC(=O)O)CCC12. The fourth-order valence-corrected chi connectivity index (χ4v) is 4.74. The van der Waals surface area contributed by atoms with Crippen LogP contribution in [0.5, 0.6) is 0 Å². The van der Waals surface area contributed by atoms with Gasteiger partial charge in [-0.3, -0.25) is 0 Å². The Morgan fingerprint density at radius 2 is 2.15 bits per heavy atom. The van der Waals surface area contributed by atoms with E-state index in [-0.39, 0.29) is 18.1 Å². The van der Waals surface area contributed by atoms with E-state index >= 15 is 0 Å². The minimum Gasteiger partial charge on any atom is -0.479 e. The number of carbonyl (C=O) groups is 1. The maximum absolute atomic E-state index is 10.6.